The molecule has 1 aromatic rings. The summed E-state index contributed by atoms with van der Waals surface area (Å²) in [5, 5.41) is 16.0. The molecular weight excluding hydrogens is 927 g/mol. The molecule has 4 rings (SSSR count). The summed E-state index contributed by atoms with van der Waals surface area (Å²) in [5.74, 6) is -6.34. The second-order valence-corrected chi connectivity index (χ2v) is 24.6. The van der Waals surface area contributed by atoms with Gasteiger partial charge in [-0.25, -0.2) is 24.0 Å². The highest BCUT2D eigenvalue weighted by atomic mass is 16.7. The molecule has 402 valence electrons. The number of amides is 3. The highest BCUT2D eigenvalue weighted by Crippen LogP contribution is 2.51. The van der Waals surface area contributed by atoms with Gasteiger partial charge in [0.1, 0.15) is 6.54 Å². The van der Waals surface area contributed by atoms with E-state index >= 15 is 14.4 Å². The number of hydrogen-bond donors (Lipinski definition) is 3. The highest BCUT2D eigenvalue weighted by molar-refractivity contribution is 5.87. The lowest BCUT2D eigenvalue weighted by Crippen LogP contribution is -2.62. The van der Waals surface area contributed by atoms with E-state index in [1.807, 2.05) is 90.0 Å². The van der Waals surface area contributed by atoms with Gasteiger partial charge >= 0.3 is 29.3 Å². The Kier molecular flexibility index (Phi) is 18.9. The molecule has 72 heavy (non-hydrogen) atoms. The molecule has 0 saturated heterocycles. The fraction of sp³-hybridized carbons (Fsp3) is 0.769. The molecule has 1 heterocycles. The van der Waals surface area contributed by atoms with Crippen LogP contribution in [0.3, 0.4) is 0 Å². The summed E-state index contributed by atoms with van der Waals surface area (Å²) < 4.78 is 0.851. The van der Waals surface area contributed by atoms with Crippen LogP contribution in [0.25, 0.3) is 0 Å². The number of carbonyl (C=O) groups is 6. The number of carbonyl (C=O) groups excluding carboxylic acids is 6. The van der Waals surface area contributed by atoms with Crippen LogP contribution in [0.4, 0.5) is 9.59 Å². The fourth-order valence-electron chi connectivity index (χ4n) is 12.2. The molecule has 6 atom stereocenters. The Morgan fingerprint density at radius 3 is 1.07 bits per heavy atom. The van der Waals surface area contributed by atoms with Gasteiger partial charge in [-0.3, -0.25) is 33.8 Å². The molecular formula is C52H83N9O11. The Bertz CT molecular complexity index is 2230. The van der Waals surface area contributed by atoms with Crippen LogP contribution in [0.15, 0.2) is 29.7 Å². The molecule has 3 aliphatic carbocycles. The number of hydrogen-bond acceptors (Lipinski definition) is 14. The first kappa shape index (κ1) is 59.0. The first-order chi connectivity index (χ1) is 33.2. The number of nitrogens with zero attached hydrogens (tertiary/aromatic N) is 6. The summed E-state index contributed by atoms with van der Waals surface area (Å²) in [6, 6.07) is 0. The lowest BCUT2D eigenvalue weighted by Gasteiger charge is -2.46. The monoisotopic (exact) mass is 1010 g/mol. The fourth-order valence-corrected chi connectivity index (χ4v) is 12.2. The van der Waals surface area contributed by atoms with Gasteiger partial charge in [0.25, 0.3) is 0 Å². The molecule has 0 spiro atoms. The zero-order valence-corrected chi connectivity index (χ0v) is 45.7. The van der Waals surface area contributed by atoms with Crippen molar-refractivity contribution in [3.63, 3.8) is 0 Å². The maximum absolute atomic E-state index is 15.1. The third kappa shape index (κ3) is 15.5. The summed E-state index contributed by atoms with van der Waals surface area (Å²) in [7, 11) is 0. The SMILES string of the molecule is CC/C(C)=N/CC(=O)NCC1(C)CC(C(=O)n2c(=O)n(C(=O)C3CC(C)(C)CC(C)(CNC(=O)O/N=C(\C)CC)C3)c(=O)n(C(=O)C3CC(C)(C)CC(C)(CNC(=O)O/N=C(\C)CC)C3)c2=O)CC(C)(C)C1. The van der Waals surface area contributed by atoms with Crippen LogP contribution in [-0.4, -0.2) is 92.8 Å². The van der Waals surface area contributed by atoms with E-state index in [4.69, 9.17) is 9.68 Å². The third-order valence-corrected chi connectivity index (χ3v) is 14.8. The van der Waals surface area contributed by atoms with Crippen molar-refractivity contribution in [1.82, 2.24) is 29.7 Å². The molecule has 3 N–H and O–H groups in total. The van der Waals surface area contributed by atoms with Gasteiger partial charge in [0, 0.05) is 43.1 Å². The van der Waals surface area contributed by atoms with Crippen molar-refractivity contribution in [3.8, 4) is 0 Å². The lowest BCUT2D eigenvalue weighted by atomic mass is 9.60. The molecule has 6 unspecified atom stereocenters. The van der Waals surface area contributed by atoms with Crippen molar-refractivity contribution < 1.29 is 38.4 Å². The van der Waals surface area contributed by atoms with Crippen molar-refractivity contribution in [1.29, 1.82) is 0 Å². The van der Waals surface area contributed by atoms with Gasteiger partial charge in [-0.2, -0.15) is 13.7 Å². The van der Waals surface area contributed by atoms with Crippen LogP contribution in [0.2, 0.25) is 0 Å². The molecule has 3 amide bonds. The van der Waals surface area contributed by atoms with Crippen molar-refractivity contribution in [2.45, 2.75) is 181 Å². The Morgan fingerprint density at radius 1 is 0.486 bits per heavy atom. The zero-order valence-electron chi connectivity index (χ0n) is 45.7. The minimum absolute atomic E-state index is 0.0476. The quantitative estimate of drug-likeness (QED) is 0.0825. The topological polar surface area (TPSA) is 260 Å². The second-order valence-electron chi connectivity index (χ2n) is 24.6. The first-order valence-corrected chi connectivity index (χ1v) is 25.6. The molecule has 3 saturated carbocycles. The summed E-state index contributed by atoms with van der Waals surface area (Å²) in [5.41, 5.74) is -6.35. The predicted molar refractivity (Wildman–Crippen MR) is 276 cm³/mol. The van der Waals surface area contributed by atoms with Crippen LogP contribution in [0, 0.1) is 50.2 Å². The van der Waals surface area contributed by atoms with E-state index in [9.17, 15) is 28.8 Å². The molecule has 0 aromatic carbocycles. The number of aromatic nitrogens is 3. The van der Waals surface area contributed by atoms with E-state index in [1.165, 1.54) is 0 Å². The van der Waals surface area contributed by atoms with E-state index in [0.29, 0.717) is 49.9 Å². The lowest BCUT2D eigenvalue weighted by molar-refractivity contribution is -0.120. The van der Waals surface area contributed by atoms with Crippen LogP contribution >= 0.6 is 0 Å². The van der Waals surface area contributed by atoms with Gasteiger partial charge in [0.15, 0.2) is 0 Å². The van der Waals surface area contributed by atoms with Crippen molar-refractivity contribution in [3.05, 3.63) is 31.5 Å². The summed E-state index contributed by atoms with van der Waals surface area (Å²) in [6.07, 6.45) is 2.74. The molecule has 0 radical (unpaired) electrons. The average molecular weight is 1010 g/mol. The Morgan fingerprint density at radius 2 is 0.778 bits per heavy atom. The second kappa shape index (κ2) is 23.1. The summed E-state index contributed by atoms with van der Waals surface area (Å²) in [4.78, 5) is 143. The predicted octanol–water partition coefficient (Wildman–Crippen LogP) is 7.60. The van der Waals surface area contributed by atoms with E-state index in [2.05, 4.69) is 31.3 Å². The van der Waals surface area contributed by atoms with Crippen LogP contribution in [0.5, 0.6) is 0 Å². The standard InChI is InChI=1S/C52H83N9O11/c1-16-32(4)53-25-38(62)54-29-50(13)22-35(19-47(7,8)26-50)39(63)59-44(68)60(40(64)36-20-48(9,10)27-51(14,23-36)30-55-42(66)71-57-33(5)17-2)46(70)61(45(59)69)41(65)37-21-49(11,12)28-52(15,24-37)31-56-43(67)72-58-34(6)18-3/h35-37H,16-31H2,1-15H3,(H,54,62)(H,55,66)(H,56,67)/b53-32+,57-33+,58-34+. The third-order valence-electron chi connectivity index (χ3n) is 14.8. The molecule has 20 heteroatoms. The highest BCUT2D eigenvalue weighted by Gasteiger charge is 2.49. The largest absolute Gasteiger partial charge is 0.433 e. The Balaban J connectivity index is 1.84. The van der Waals surface area contributed by atoms with Crippen LogP contribution in [-0.2, 0) is 14.5 Å². The van der Waals surface area contributed by atoms with Crippen molar-refractivity contribution in [2.75, 3.05) is 26.2 Å². The first-order valence-electron chi connectivity index (χ1n) is 25.6. The normalized spacial score (nSPS) is 27.3. The van der Waals surface area contributed by atoms with E-state index in [1.54, 1.807) is 13.8 Å². The molecule has 0 aliphatic heterocycles. The molecule has 3 fully saturated rings. The van der Waals surface area contributed by atoms with Gasteiger partial charge in [-0.05, 0) is 130 Å². The Labute approximate surface area is 424 Å². The van der Waals surface area contributed by atoms with Crippen molar-refractivity contribution in [2.24, 2.45) is 65.5 Å². The summed E-state index contributed by atoms with van der Waals surface area (Å²) >= 11 is 0. The minimum Gasteiger partial charge on any atom is -0.354 e. The maximum atomic E-state index is 15.1. The molecule has 1 aromatic heterocycles. The van der Waals surface area contributed by atoms with Gasteiger partial charge in [-0.1, -0.05) is 93.4 Å². The zero-order chi connectivity index (χ0) is 54.4. The number of aliphatic imine (C=N–C) groups is 1. The van der Waals surface area contributed by atoms with Gasteiger partial charge in [0.2, 0.25) is 23.6 Å². The smallest absolute Gasteiger partial charge is 0.354 e. The Hall–Kier alpha value is -5.56. The van der Waals surface area contributed by atoms with Gasteiger partial charge in [-0.15, -0.1) is 0 Å². The van der Waals surface area contributed by atoms with Gasteiger partial charge in [0.05, 0.1) is 11.4 Å². The van der Waals surface area contributed by atoms with E-state index < -0.39 is 97.2 Å². The van der Waals surface area contributed by atoms with Crippen LogP contribution < -0.4 is 33.0 Å². The molecule has 3 aliphatic rings. The van der Waals surface area contributed by atoms with Crippen LogP contribution in [0.1, 0.15) is 195 Å². The number of rotatable bonds is 16. The minimum atomic E-state index is -1.48. The van der Waals surface area contributed by atoms with E-state index in [-0.39, 0.29) is 84.3 Å². The maximum Gasteiger partial charge on any atom is 0.433 e. The summed E-state index contributed by atoms with van der Waals surface area (Å²) in [6.45, 7) is 28.4. The molecule has 0 bridgehead atoms. The number of nitrogens with one attached hydrogen (secondary N) is 3. The van der Waals surface area contributed by atoms with E-state index in [0.717, 1.165) is 5.71 Å². The molecule has 20 nitrogen and oxygen atoms in total. The average Bonchev–Trinajstić information content (AvgIpc) is 3.27. The van der Waals surface area contributed by atoms with Gasteiger partial charge < -0.3 is 16.0 Å². The van der Waals surface area contributed by atoms with Crippen molar-refractivity contribution >= 4 is 53.0 Å². The number of oxime groups is 2.